The van der Waals surface area contributed by atoms with Gasteiger partial charge in [0.1, 0.15) is 0 Å². The van der Waals surface area contributed by atoms with Gasteiger partial charge in [0.25, 0.3) is 0 Å². The molecule has 0 spiro atoms. The van der Waals surface area contributed by atoms with Gasteiger partial charge < -0.3 is 11.1 Å². The lowest BCUT2D eigenvalue weighted by Crippen LogP contribution is -2.24. The van der Waals surface area contributed by atoms with E-state index in [9.17, 15) is 4.79 Å². The van der Waals surface area contributed by atoms with Crippen LogP contribution in [0.1, 0.15) is 40.7 Å². The summed E-state index contributed by atoms with van der Waals surface area (Å²) in [6.45, 7) is 5.14. The van der Waals surface area contributed by atoms with E-state index in [0.29, 0.717) is 17.5 Å². The monoisotopic (exact) mass is 288 g/mol. The Labute approximate surface area is 123 Å². The van der Waals surface area contributed by atoms with Crippen LogP contribution >= 0.6 is 11.3 Å². The van der Waals surface area contributed by atoms with Crippen molar-refractivity contribution in [2.45, 2.75) is 26.4 Å². The number of amides is 1. The highest BCUT2D eigenvalue weighted by atomic mass is 32.1. The Morgan fingerprint density at radius 3 is 2.70 bits per heavy atom. The van der Waals surface area contributed by atoms with Crippen LogP contribution in [0, 0.1) is 5.92 Å². The number of nitrogens with two attached hydrogens (primary N) is 1. The van der Waals surface area contributed by atoms with Crippen molar-refractivity contribution >= 4 is 17.2 Å². The van der Waals surface area contributed by atoms with Gasteiger partial charge in [-0.1, -0.05) is 32.0 Å². The van der Waals surface area contributed by atoms with Gasteiger partial charge in [0.15, 0.2) is 0 Å². The number of hydrogen-bond donors (Lipinski definition) is 2. The molecule has 0 saturated carbocycles. The maximum absolute atomic E-state index is 11.2. The van der Waals surface area contributed by atoms with E-state index in [1.165, 1.54) is 4.88 Å². The third kappa shape index (κ3) is 3.68. The first-order chi connectivity index (χ1) is 9.58. The van der Waals surface area contributed by atoms with E-state index in [-0.39, 0.29) is 5.91 Å². The van der Waals surface area contributed by atoms with Gasteiger partial charge in [-0.15, -0.1) is 11.3 Å². The Kier molecular flexibility index (Phi) is 4.93. The van der Waals surface area contributed by atoms with Gasteiger partial charge in [-0.3, -0.25) is 4.79 Å². The van der Waals surface area contributed by atoms with Crippen molar-refractivity contribution in [3.63, 3.8) is 0 Å². The fourth-order valence-electron chi connectivity index (χ4n) is 2.20. The highest BCUT2D eigenvalue weighted by Crippen LogP contribution is 2.26. The summed E-state index contributed by atoms with van der Waals surface area (Å²) in [5.74, 6) is 0.124. The van der Waals surface area contributed by atoms with Crippen molar-refractivity contribution in [3.05, 3.63) is 57.8 Å². The summed E-state index contributed by atoms with van der Waals surface area (Å²) in [6.07, 6.45) is 0. The summed E-state index contributed by atoms with van der Waals surface area (Å²) in [5, 5.41) is 5.66. The molecule has 0 radical (unpaired) electrons. The lowest BCUT2D eigenvalue weighted by molar-refractivity contribution is 0.1000. The third-order valence-electron chi connectivity index (χ3n) is 3.25. The van der Waals surface area contributed by atoms with E-state index in [1.807, 2.05) is 18.2 Å². The largest absolute Gasteiger partial charge is 0.366 e. The lowest BCUT2D eigenvalue weighted by Gasteiger charge is -2.21. The maximum atomic E-state index is 11.2. The maximum Gasteiger partial charge on any atom is 0.248 e. The number of primary amides is 1. The predicted molar refractivity (Wildman–Crippen MR) is 83.7 cm³/mol. The van der Waals surface area contributed by atoms with Gasteiger partial charge in [0.05, 0.1) is 0 Å². The summed E-state index contributed by atoms with van der Waals surface area (Å²) in [4.78, 5) is 12.5. The fraction of sp³-hybridized carbons (Fsp3) is 0.312. The molecule has 0 aliphatic carbocycles. The van der Waals surface area contributed by atoms with E-state index in [0.717, 1.165) is 12.1 Å². The second kappa shape index (κ2) is 6.68. The van der Waals surface area contributed by atoms with Gasteiger partial charge >= 0.3 is 0 Å². The number of rotatable bonds is 6. The number of nitrogens with one attached hydrogen (secondary N) is 1. The first-order valence-corrected chi connectivity index (χ1v) is 7.61. The first-order valence-electron chi connectivity index (χ1n) is 6.73. The van der Waals surface area contributed by atoms with E-state index < -0.39 is 0 Å². The van der Waals surface area contributed by atoms with Crippen LogP contribution in [0.3, 0.4) is 0 Å². The SMILES string of the molecule is CC(C)C(NCc1cccc(C(N)=O)c1)c1cccs1. The third-order valence-corrected chi connectivity index (χ3v) is 4.21. The average molecular weight is 288 g/mol. The van der Waals surface area contributed by atoms with Gasteiger partial charge in [0, 0.05) is 23.0 Å². The molecule has 0 saturated heterocycles. The van der Waals surface area contributed by atoms with Crippen LogP contribution in [0.5, 0.6) is 0 Å². The molecular formula is C16H20N2OS. The molecule has 3 N–H and O–H groups in total. The van der Waals surface area contributed by atoms with Gasteiger partial charge in [-0.25, -0.2) is 0 Å². The highest BCUT2D eigenvalue weighted by Gasteiger charge is 2.16. The van der Waals surface area contributed by atoms with E-state index in [2.05, 4.69) is 36.7 Å². The zero-order valence-corrected chi connectivity index (χ0v) is 12.6. The highest BCUT2D eigenvalue weighted by molar-refractivity contribution is 7.10. The molecule has 0 aliphatic heterocycles. The van der Waals surface area contributed by atoms with Crippen LogP contribution in [-0.4, -0.2) is 5.91 Å². The standard InChI is InChI=1S/C16H20N2OS/c1-11(2)15(14-7-4-8-20-14)18-10-12-5-3-6-13(9-12)16(17)19/h3-9,11,15,18H,10H2,1-2H3,(H2,17,19). The number of carbonyl (C=O) groups excluding carboxylic acids is 1. The zero-order chi connectivity index (χ0) is 14.5. The molecule has 2 aromatic rings. The molecule has 2 rings (SSSR count). The minimum atomic E-state index is -0.384. The lowest BCUT2D eigenvalue weighted by atomic mass is 10.0. The van der Waals surface area contributed by atoms with Crippen molar-refractivity contribution in [2.75, 3.05) is 0 Å². The summed E-state index contributed by atoms with van der Waals surface area (Å²) in [6, 6.07) is 12.0. The fourth-order valence-corrected chi connectivity index (χ4v) is 3.17. The Morgan fingerprint density at radius 2 is 2.10 bits per heavy atom. The van der Waals surface area contributed by atoms with Crippen molar-refractivity contribution in [1.29, 1.82) is 0 Å². The number of carbonyl (C=O) groups is 1. The smallest absolute Gasteiger partial charge is 0.248 e. The molecule has 4 heteroatoms. The average Bonchev–Trinajstić information content (AvgIpc) is 2.93. The molecular weight excluding hydrogens is 268 g/mol. The van der Waals surface area contributed by atoms with Crippen LogP contribution in [0.4, 0.5) is 0 Å². The molecule has 106 valence electrons. The van der Waals surface area contributed by atoms with E-state index in [4.69, 9.17) is 5.73 Å². The summed E-state index contributed by atoms with van der Waals surface area (Å²) in [7, 11) is 0. The molecule has 0 bridgehead atoms. The number of hydrogen-bond acceptors (Lipinski definition) is 3. The summed E-state index contributed by atoms with van der Waals surface area (Å²) in [5.41, 5.74) is 6.94. The van der Waals surface area contributed by atoms with Crippen LogP contribution in [0.15, 0.2) is 41.8 Å². The molecule has 1 aromatic heterocycles. The molecule has 1 unspecified atom stereocenters. The Balaban J connectivity index is 2.06. The normalized spacial score (nSPS) is 12.6. The second-order valence-corrected chi connectivity index (χ2v) is 6.16. The summed E-state index contributed by atoms with van der Waals surface area (Å²) >= 11 is 1.77. The molecule has 0 fully saturated rings. The van der Waals surface area contributed by atoms with Crippen LogP contribution < -0.4 is 11.1 Å². The molecule has 0 aliphatic rings. The minimum absolute atomic E-state index is 0.326. The second-order valence-electron chi connectivity index (χ2n) is 5.18. The summed E-state index contributed by atoms with van der Waals surface area (Å²) < 4.78 is 0. The Hall–Kier alpha value is -1.65. The van der Waals surface area contributed by atoms with Crippen molar-refractivity contribution < 1.29 is 4.79 Å². The van der Waals surface area contributed by atoms with Gasteiger partial charge in [-0.2, -0.15) is 0 Å². The topological polar surface area (TPSA) is 55.1 Å². The van der Waals surface area contributed by atoms with Crippen molar-refractivity contribution in [3.8, 4) is 0 Å². The predicted octanol–water partition coefficient (Wildman–Crippen LogP) is 3.33. The zero-order valence-electron chi connectivity index (χ0n) is 11.8. The van der Waals surface area contributed by atoms with Gasteiger partial charge in [-0.05, 0) is 35.1 Å². The molecule has 1 atom stereocenters. The van der Waals surface area contributed by atoms with Crippen LogP contribution in [0.2, 0.25) is 0 Å². The molecule has 3 nitrogen and oxygen atoms in total. The molecule has 1 aromatic carbocycles. The number of benzene rings is 1. The van der Waals surface area contributed by atoms with Gasteiger partial charge in [0.2, 0.25) is 5.91 Å². The van der Waals surface area contributed by atoms with Crippen molar-refractivity contribution in [2.24, 2.45) is 11.7 Å². The quantitative estimate of drug-likeness (QED) is 0.856. The number of thiophene rings is 1. The van der Waals surface area contributed by atoms with Crippen molar-refractivity contribution in [1.82, 2.24) is 5.32 Å². The molecule has 1 heterocycles. The molecule has 1 amide bonds. The van der Waals surface area contributed by atoms with Crippen LogP contribution in [0.25, 0.3) is 0 Å². The molecule has 20 heavy (non-hydrogen) atoms. The Bertz CT molecular complexity index is 564. The van der Waals surface area contributed by atoms with E-state index in [1.54, 1.807) is 17.4 Å². The van der Waals surface area contributed by atoms with Crippen LogP contribution in [-0.2, 0) is 6.54 Å². The first kappa shape index (κ1) is 14.8. The Morgan fingerprint density at radius 1 is 1.30 bits per heavy atom. The minimum Gasteiger partial charge on any atom is -0.366 e. The van der Waals surface area contributed by atoms with E-state index >= 15 is 0 Å².